The van der Waals surface area contributed by atoms with E-state index in [1.54, 1.807) is 13.0 Å². The van der Waals surface area contributed by atoms with Gasteiger partial charge in [-0.3, -0.25) is 0 Å². The van der Waals surface area contributed by atoms with Crippen molar-refractivity contribution in [3.8, 4) is 0 Å². The zero-order valence-electron chi connectivity index (χ0n) is 14.2. The number of benzene rings is 1. The number of hydrogen-bond donors (Lipinski definition) is 2. The number of halogens is 2. The molecule has 0 aromatic heterocycles. The zero-order chi connectivity index (χ0) is 15.9. The number of guanidine groups is 1. The minimum Gasteiger partial charge on any atom is -0.357 e. The molecule has 1 heterocycles. The van der Waals surface area contributed by atoms with Crippen LogP contribution in [0.1, 0.15) is 24.5 Å². The summed E-state index contributed by atoms with van der Waals surface area (Å²) in [6, 6.07) is 5.16. The Morgan fingerprint density at radius 2 is 2.17 bits per heavy atom. The normalized spacial score (nSPS) is 18.6. The summed E-state index contributed by atoms with van der Waals surface area (Å²) < 4.78 is 13.3. The first kappa shape index (κ1) is 20.2. The maximum absolute atomic E-state index is 13.3. The fraction of sp³-hybridized carbons (Fsp3) is 0.588. The number of nitrogens with one attached hydrogen (secondary N) is 2. The molecule has 1 saturated heterocycles. The van der Waals surface area contributed by atoms with Crippen molar-refractivity contribution in [1.82, 2.24) is 15.5 Å². The van der Waals surface area contributed by atoms with Crippen LogP contribution in [0.5, 0.6) is 0 Å². The summed E-state index contributed by atoms with van der Waals surface area (Å²) in [5.41, 5.74) is 1.69. The van der Waals surface area contributed by atoms with Crippen molar-refractivity contribution in [3.05, 3.63) is 35.1 Å². The molecule has 0 spiro atoms. The Morgan fingerprint density at radius 1 is 1.39 bits per heavy atom. The van der Waals surface area contributed by atoms with Gasteiger partial charge in [0.05, 0.1) is 6.54 Å². The molecule has 1 aliphatic heterocycles. The standard InChI is InChI=1S/C17H27FN4.HI/c1-4-19-17(21-11-15-7-8-22(3)12-15)20-10-14-5-6-16(18)13(2)9-14;/h5-6,9,15H,4,7-8,10-12H2,1-3H3,(H2,19,20,21);1H. The number of rotatable bonds is 5. The van der Waals surface area contributed by atoms with E-state index in [0.29, 0.717) is 18.0 Å². The highest BCUT2D eigenvalue weighted by atomic mass is 127. The topological polar surface area (TPSA) is 39.7 Å². The van der Waals surface area contributed by atoms with Crippen molar-refractivity contribution < 1.29 is 4.39 Å². The molecular weight excluding hydrogens is 406 g/mol. The fourth-order valence-electron chi connectivity index (χ4n) is 2.75. The SMILES string of the molecule is CCNC(=NCc1ccc(F)c(C)c1)NCC1CCN(C)C1.I. The van der Waals surface area contributed by atoms with Crippen LogP contribution in [0.4, 0.5) is 4.39 Å². The molecule has 0 radical (unpaired) electrons. The van der Waals surface area contributed by atoms with Gasteiger partial charge in [-0.15, -0.1) is 24.0 Å². The van der Waals surface area contributed by atoms with Crippen LogP contribution >= 0.6 is 24.0 Å². The van der Waals surface area contributed by atoms with Gasteiger partial charge in [-0.25, -0.2) is 9.38 Å². The van der Waals surface area contributed by atoms with Crippen LogP contribution in [0.2, 0.25) is 0 Å². The summed E-state index contributed by atoms with van der Waals surface area (Å²) >= 11 is 0. The maximum Gasteiger partial charge on any atom is 0.191 e. The van der Waals surface area contributed by atoms with Crippen molar-refractivity contribution >= 4 is 29.9 Å². The molecular formula is C17H28FIN4. The van der Waals surface area contributed by atoms with Crippen LogP contribution in [0.15, 0.2) is 23.2 Å². The van der Waals surface area contributed by atoms with Gasteiger partial charge < -0.3 is 15.5 Å². The van der Waals surface area contributed by atoms with Gasteiger partial charge in [0, 0.05) is 19.6 Å². The molecule has 0 aliphatic carbocycles. The lowest BCUT2D eigenvalue weighted by Gasteiger charge is -2.15. The van der Waals surface area contributed by atoms with Gasteiger partial charge >= 0.3 is 0 Å². The van der Waals surface area contributed by atoms with E-state index >= 15 is 0 Å². The van der Waals surface area contributed by atoms with Crippen LogP contribution in [-0.4, -0.2) is 44.1 Å². The highest BCUT2D eigenvalue weighted by Crippen LogP contribution is 2.13. The lowest BCUT2D eigenvalue weighted by atomic mass is 10.1. The molecule has 1 unspecified atom stereocenters. The Morgan fingerprint density at radius 3 is 2.78 bits per heavy atom. The molecule has 23 heavy (non-hydrogen) atoms. The Hall–Kier alpha value is -0.890. The Kier molecular flexibility index (Phi) is 8.83. The summed E-state index contributed by atoms with van der Waals surface area (Å²) in [5.74, 6) is 1.35. The molecule has 6 heteroatoms. The molecule has 0 bridgehead atoms. The van der Waals surface area contributed by atoms with Gasteiger partial charge in [0.25, 0.3) is 0 Å². The van der Waals surface area contributed by atoms with E-state index in [1.807, 2.05) is 6.07 Å². The summed E-state index contributed by atoms with van der Waals surface area (Å²) in [5, 5.41) is 6.68. The molecule has 1 aliphatic rings. The molecule has 2 N–H and O–H groups in total. The van der Waals surface area contributed by atoms with Gasteiger partial charge in [0.1, 0.15) is 5.82 Å². The Labute approximate surface area is 156 Å². The third kappa shape index (κ3) is 6.63. The number of aliphatic imine (C=N–C) groups is 1. The number of likely N-dealkylation sites (tertiary alicyclic amines) is 1. The highest BCUT2D eigenvalue weighted by molar-refractivity contribution is 14.0. The summed E-state index contributed by atoms with van der Waals surface area (Å²) in [6.45, 7) is 8.49. The molecule has 4 nitrogen and oxygen atoms in total. The molecule has 130 valence electrons. The first-order valence-corrected chi connectivity index (χ1v) is 8.04. The molecule has 1 atom stereocenters. The number of aryl methyl sites for hydroxylation is 1. The second-order valence-corrected chi connectivity index (χ2v) is 6.08. The second kappa shape index (κ2) is 10.1. The van der Waals surface area contributed by atoms with E-state index in [-0.39, 0.29) is 29.8 Å². The van der Waals surface area contributed by atoms with Gasteiger partial charge in [0.15, 0.2) is 5.96 Å². The van der Waals surface area contributed by atoms with Crippen LogP contribution in [0.3, 0.4) is 0 Å². The number of hydrogen-bond acceptors (Lipinski definition) is 2. The first-order chi connectivity index (χ1) is 10.6. The lowest BCUT2D eigenvalue weighted by Crippen LogP contribution is -2.40. The van der Waals surface area contributed by atoms with Crippen LogP contribution in [0, 0.1) is 18.7 Å². The van der Waals surface area contributed by atoms with Crippen molar-refractivity contribution in [2.45, 2.75) is 26.8 Å². The summed E-state index contributed by atoms with van der Waals surface area (Å²) in [7, 11) is 2.16. The Bertz CT molecular complexity index is 521. The molecule has 2 rings (SSSR count). The third-order valence-electron chi connectivity index (χ3n) is 4.03. The van der Waals surface area contributed by atoms with Gasteiger partial charge in [-0.05, 0) is 57.0 Å². The van der Waals surface area contributed by atoms with Crippen LogP contribution in [-0.2, 0) is 6.54 Å². The van der Waals surface area contributed by atoms with E-state index < -0.39 is 0 Å². The first-order valence-electron chi connectivity index (χ1n) is 8.04. The van der Waals surface area contributed by atoms with Crippen LogP contribution < -0.4 is 10.6 Å². The van der Waals surface area contributed by atoms with Gasteiger partial charge in [-0.2, -0.15) is 0 Å². The molecule has 0 saturated carbocycles. The predicted octanol–water partition coefficient (Wildman–Crippen LogP) is 2.76. The van der Waals surface area contributed by atoms with E-state index in [1.165, 1.54) is 19.0 Å². The summed E-state index contributed by atoms with van der Waals surface area (Å²) in [4.78, 5) is 6.95. The summed E-state index contributed by atoms with van der Waals surface area (Å²) in [6.07, 6.45) is 1.24. The Balaban J connectivity index is 0.00000264. The second-order valence-electron chi connectivity index (χ2n) is 6.08. The minimum atomic E-state index is -0.164. The minimum absolute atomic E-state index is 0. The maximum atomic E-state index is 13.3. The van der Waals surface area contributed by atoms with Crippen molar-refractivity contribution in [1.29, 1.82) is 0 Å². The van der Waals surface area contributed by atoms with E-state index in [2.05, 4.69) is 34.5 Å². The molecule has 0 amide bonds. The predicted molar refractivity (Wildman–Crippen MR) is 105 cm³/mol. The van der Waals surface area contributed by atoms with E-state index in [4.69, 9.17) is 0 Å². The van der Waals surface area contributed by atoms with Crippen molar-refractivity contribution in [3.63, 3.8) is 0 Å². The molecule has 1 aromatic rings. The monoisotopic (exact) mass is 434 g/mol. The van der Waals surface area contributed by atoms with E-state index in [9.17, 15) is 4.39 Å². The van der Waals surface area contributed by atoms with Gasteiger partial charge in [0.2, 0.25) is 0 Å². The molecule has 1 aromatic carbocycles. The van der Waals surface area contributed by atoms with E-state index in [0.717, 1.165) is 31.2 Å². The highest BCUT2D eigenvalue weighted by Gasteiger charge is 2.19. The van der Waals surface area contributed by atoms with Crippen LogP contribution in [0.25, 0.3) is 0 Å². The zero-order valence-corrected chi connectivity index (χ0v) is 16.6. The average molecular weight is 434 g/mol. The lowest BCUT2D eigenvalue weighted by molar-refractivity contribution is 0.394. The number of nitrogens with zero attached hydrogens (tertiary/aromatic N) is 2. The largest absolute Gasteiger partial charge is 0.357 e. The average Bonchev–Trinajstić information content (AvgIpc) is 2.91. The quantitative estimate of drug-likeness (QED) is 0.426. The third-order valence-corrected chi connectivity index (χ3v) is 4.03. The molecule has 1 fully saturated rings. The van der Waals surface area contributed by atoms with Crippen molar-refractivity contribution in [2.24, 2.45) is 10.9 Å². The van der Waals surface area contributed by atoms with Gasteiger partial charge in [-0.1, -0.05) is 12.1 Å². The fourth-order valence-corrected chi connectivity index (χ4v) is 2.75. The van der Waals surface area contributed by atoms with Crippen molar-refractivity contribution in [2.75, 3.05) is 33.2 Å². The smallest absolute Gasteiger partial charge is 0.191 e.